The highest BCUT2D eigenvalue weighted by molar-refractivity contribution is 5.93. The molecule has 0 radical (unpaired) electrons. The molecule has 2 heteroatoms. The summed E-state index contributed by atoms with van der Waals surface area (Å²) in [6.45, 7) is 9.42. The zero-order valence-corrected chi connectivity index (χ0v) is 9.86. The maximum Gasteiger partial charge on any atom is 0.202 e. The monoisotopic (exact) mass is 183 g/mol. The lowest BCUT2D eigenvalue weighted by molar-refractivity contribution is -0.111. The molecule has 0 N–H and O–H groups in total. The van der Waals surface area contributed by atoms with E-state index in [1.807, 2.05) is 46.7 Å². The van der Waals surface area contributed by atoms with Crippen LogP contribution in [0.15, 0.2) is 0 Å². The van der Waals surface area contributed by atoms with Gasteiger partial charge in [0, 0.05) is 6.92 Å². The summed E-state index contributed by atoms with van der Waals surface area (Å²) in [5.41, 5.74) is -0.217. The molecule has 0 aliphatic rings. The Balaban J connectivity index is 0. The van der Waals surface area contributed by atoms with Crippen molar-refractivity contribution in [1.29, 1.82) is 0 Å². The molecule has 0 heterocycles. The SMILES string of the molecule is CC.CC(=O)C#CC(C)(C)N(C)C. The Hall–Kier alpha value is -0.810. The van der Waals surface area contributed by atoms with E-state index in [4.69, 9.17) is 0 Å². The summed E-state index contributed by atoms with van der Waals surface area (Å²) >= 11 is 0. The summed E-state index contributed by atoms with van der Waals surface area (Å²) in [6.07, 6.45) is 0. The minimum Gasteiger partial charge on any atom is -0.294 e. The fraction of sp³-hybridized carbons (Fsp3) is 0.727. The predicted octanol–water partition coefficient (Wildman–Crippen LogP) is 1.95. The van der Waals surface area contributed by atoms with Gasteiger partial charge in [-0.1, -0.05) is 19.8 Å². The van der Waals surface area contributed by atoms with Crippen molar-refractivity contribution >= 4 is 5.78 Å². The normalized spacial score (nSPS) is 9.54. The second kappa shape index (κ2) is 6.68. The molecule has 0 saturated carbocycles. The molecule has 0 bridgehead atoms. The van der Waals surface area contributed by atoms with Gasteiger partial charge in [-0.3, -0.25) is 9.69 Å². The summed E-state index contributed by atoms with van der Waals surface area (Å²) < 4.78 is 0. The van der Waals surface area contributed by atoms with Gasteiger partial charge < -0.3 is 0 Å². The third kappa shape index (κ3) is 7.55. The van der Waals surface area contributed by atoms with Crippen LogP contribution in [0.4, 0.5) is 0 Å². The van der Waals surface area contributed by atoms with E-state index in [9.17, 15) is 4.79 Å². The Bertz CT molecular complexity index is 206. The third-order valence-corrected chi connectivity index (χ3v) is 1.66. The number of hydrogen-bond donors (Lipinski definition) is 0. The largest absolute Gasteiger partial charge is 0.294 e. The molecule has 0 aliphatic carbocycles. The predicted molar refractivity (Wildman–Crippen MR) is 57.6 cm³/mol. The van der Waals surface area contributed by atoms with Crippen LogP contribution in [0, 0.1) is 11.8 Å². The molecule has 0 aromatic rings. The molecule has 76 valence electrons. The molecule has 0 fully saturated rings. The zero-order chi connectivity index (χ0) is 11.1. The Kier molecular flexibility index (Phi) is 7.55. The topological polar surface area (TPSA) is 20.3 Å². The lowest BCUT2D eigenvalue weighted by Gasteiger charge is -2.26. The molecule has 0 amide bonds. The summed E-state index contributed by atoms with van der Waals surface area (Å²) in [5, 5.41) is 0. The van der Waals surface area contributed by atoms with E-state index >= 15 is 0 Å². The average Bonchev–Trinajstić information content (AvgIpc) is 2.05. The van der Waals surface area contributed by atoms with Crippen LogP contribution < -0.4 is 0 Å². The summed E-state index contributed by atoms with van der Waals surface area (Å²) in [4.78, 5) is 12.5. The van der Waals surface area contributed by atoms with Gasteiger partial charge in [0.25, 0.3) is 0 Å². The van der Waals surface area contributed by atoms with Gasteiger partial charge in [-0.05, 0) is 33.9 Å². The second-order valence-corrected chi connectivity index (χ2v) is 3.26. The third-order valence-electron chi connectivity index (χ3n) is 1.66. The maximum atomic E-state index is 10.5. The number of carbonyl (C=O) groups is 1. The van der Waals surface area contributed by atoms with Crippen LogP contribution in [0.5, 0.6) is 0 Å². The van der Waals surface area contributed by atoms with Gasteiger partial charge in [-0.25, -0.2) is 0 Å². The summed E-state index contributed by atoms with van der Waals surface area (Å²) in [7, 11) is 3.88. The maximum absolute atomic E-state index is 10.5. The number of carbonyl (C=O) groups excluding carboxylic acids is 1. The molecule has 0 rings (SSSR count). The lowest BCUT2D eigenvalue weighted by Crippen LogP contribution is -2.36. The first-order valence-corrected chi connectivity index (χ1v) is 4.57. The molecule has 2 nitrogen and oxygen atoms in total. The van der Waals surface area contributed by atoms with E-state index in [2.05, 4.69) is 11.8 Å². The van der Waals surface area contributed by atoms with Crippen molar-refractivity contribution in [2.75, 3.05) is 14.1 Å². The first-order chi connectivity index (χ1) is 5.86. The first kappa shape index (κ1) is 14.7. The van der Waals surface area contributed by atoms with Crippen LogP contribution >= 0.6 is 0 Å². The van der Waals surface area contributed by atoms with Crippen LogP contribution in [-0.2, 0) is 4.79 Å². The van der Waals surface area contributed by atoms with E-state index < -0.39 is 0 Å². The summed E-state index contributed by atoms with van der Waals surface area (Å²) in [6, 6.07) is 0. The van der Waals surface area contributed by atoms with Gasteiger partial charge in [-0.2, -0.15) is 0 Å². The molecule has 0 aliphatic heterocycles. The Morgan fingerprint density at radius 1 is 1.23 bits per heavy atom. The smallest absolute Gasteiger partial charge is 0.202 e. The van der Waals surface area contributed by atoms with Gasteiger partial charge in [0.2, 0.25) is 5.78 Å². The van der Waals surface area contributed by atoms with E-state index in [1.165, 1.54) is 6.92 Å². The lowest BCUT2D eigenvalue weighted by atomic mass is 10.1. The van der Waals surface area contributed by atoms with Gasteiger partial charge in [-0.15, -0.1) is 0 Å². The van der Waals surface area contributed by atoms with E-state index in [0.717, 1.165) is 0 Å². The van der Waals surface area contributed by atoms with Gasteiger partial charge in [0.1, 0.15) is 0 Å². The molecule has 0 aromatic heterocycles. The van der Waals surface area contributed by atoms with Crippen molar-refractivity contribution in [3.8, 4) is 11.8 Å². The molecule has 0 aromatic carbocycles. The molecule has 0 unspecified atom stereocenters. The minimum absolute atomic E-state index is 0.0834. The fourth-order valence-electron chi connectivity index (χ4n) is 0.353. The van der Waals surface area contributed by atoms with E-state index in [-0.39, 0.29) is 11.3 Å². The van der Waals surface area contributed by atoms with E-state index in [0.29, 0.717) is 0 Å². The van der Waals surface area contributed by atoms with Crippen molar-refractivity contribution in [1.82, 2.24) is 4.90 Å². The highest BCUT2D eigenvalue weighted by Crippen LogP contribution is 2.06. The summed E-state index contributed by atoms with van der Waals surface area (Å²) in [5.74, 6) is 5.34. The van der Waals surface area contributed by atoms with Crippen molar-refractivity contribution in [2.24, 2.45) is 0 Å². The Morgan fingerprint density at radius 3 is 1.85 bits per heavy atom. The van der Waals surface area contributed by atoms with Crippen LogP contribution in [0.2, 0.25) is 0 Å². The average molecular weight is 183 g/mol. The Labute approximate surface area is 82.3 Å². The number of ketones is 1. The van der Waals surface area contributed by atoms with Crippen molar-refractivity contribution in [3.63, 3.8) is 0 Å². The molecule has 0 spiro atoms. The van der Waals surface area contributed by atoms with Crippen LogP contribution in [0.1, 0.15) is 34.6 Å². The second-order valence-electron chi connectivity index (χ2n) is 3.26. The van der Waals surface area contributed by atoms with Crippen molar-refractivity contribution in [3.05, 3.63) is 0 Å². The van der Waals surface area contributed by atoms with Crippen molar-refractivity contribution in [2.45, 2.75) is 40.2 Å². The molecule has 0 saturated heterocycles. The number of nitrogens with zero attached hydrogens (tertiary/aromatic N) is 1. The quantitative estimate of drug-likeness (QED) is 0.457. The van der Waals surface area contributed by atoms with E-state index in [1.54, 1.807) is 0 Å². The molecule has 13 heavy (non-hydrogen) atoms. The number of hydrogen-bond acceptors (Lipinski definition) is 2. The fourth-order valence-corrected chi connectivity index (χ4v) is 0.353. The van der Waals surface area contributed by atoms with Gasteiger partial charge in [0.05, 0.1) is 5.54 Å². The number of rotatable bonds is 1. The van der Waals surface area contributed by atoms with Crippen LogP contribution in [0.3, 0.4) is 0 Å². The van der Waals surface area contributed by atoms with Crippen LogP contribution in [-0.4, -0.2) is 30.3 Å². The Morgan fingerprint density at radius 2 is 1.62 bits per heavy atom. The molecular formula is C11H21NO. The minimum atomic E-state index is -0.217. The van der Waals surface area contributed by atoms with Crippen LogP contribution in [0.25, 0.3) is 0 Å². The standard InChI is InChI=1S/C9H15NO.C2H6/c1-8(11)6-7-9(2,3)10(4)5;1-2/h1-5H3;1-2H3. The molecule has 0 atom stereocenters. The number of Topliss-reactive ketones (excluding diaryl/α,β-unsaturated/α-hetero) is 1. The molecular weight excluding hydrogens is 162 g/mol. The zero-order valence-electron chi connectivity index (χ0n) is 9.86. The van der Waals surface area contributed by atoms with Gasteiger partial charge in [0.15, 0.2) is 0 Å². The highest BCUT2D eigenvalue weighted by atomic mass is 16.1. The van der Waals surface area contributed by atoms with Gasteiger partial charge >= 0.3 is 0 Å². The first-order valence-electron chi connectivity index (χ1n) is 4.57. The highest BCUT2D eigenvalue weighted by Gasteiger charge is 2.16. The van der Waals surface area contributed by atoms with Crippen molar-refractivity contribution < 1.29 is 4.79 Å².